The summed E-state index contributed by atoms with van der Waals surface area (Å²) in [7, 11) is 0. The topological polar surface area (TPSA) is 64.7 Å². The van der Waals surface area contributed by atoms with Crippen molar-refractivity contribution in [2.24, 2.45) is 0 Å². The van der Waals surface area contributed by atoms with Crippen LogP contribution in [0.3, 0.4) is 0 Å². The smallest absolute Gasteiger partial charge is 0.237 e. The number of hydrogen-bond acceptors (Lipinski definition) is 7. The molecule has 7 heteroatoms. The van der Waals surface area contributed by atoms with E-state index in [1.54, 1.807) is 17.3 Å². The van der Waals surface area contributed by atoms with Crippen LogP contribution in [0.4, 0.5) is 0 Å². The Labute approximate surface area is 118 Å². The van der Waals surface area contributed by atoms with Crippen molar-refractivity contribution >= 4 is 23.1 Å². The van der Waals surface area contributed by atoms with Crippen LogP contribution in [0.2, 0.25) is 0 Å². The van der Waals surface area contributed by atoms with Gasteiger partial charge in [-0.1, -0.05) is 52.5 Å². The van der Waals surface area contributed by atoms with E-state index in [4.69, 9.17) is 4.52 Å². The van der Waals surface area contributed by atoms with Gasteiger partial charge in [0, 0.05) is 5.56 Å². The lowest BCUT2D eigenvalue weighted by atomic mass is 10.1. The monoisotopic (exact) mass is 290 g/mol. The molecule has 0 aliphatic rings. The highest BCUT2D eigenvalue weighted by Crippen LogP contribution is 2.25. The summed E-state index contributed by atoms with van der Waals surface area (Å²) in [6.07, 6.45) is 0. The van der Waals surface area contributed by atoms with Crippen LogP contribution in [-0.4, -0.2) is 20.3 Å². The second-order valence-electron chi connectivity index (χ2n) is 3.82. The van der Waals surface area contributed by atoms with Gasteiger partial charge in [0.05, 0.1) is 5.75 Å². The van der Waals surface area contributed by atoms with Crippen molar-refractivity contribution in [3.05, 3.63) is 41.2 Å². The Bertz CT molecular complexity index is 666. The number of aryl methyl sites for hydroxylation is 1. The zero-order chi connectivity index (χ0) is 13.1. The number of nitrogens with zero attached hydrogens (tertiary/aromatic N) is 4. The lowest BCUT2D eigenvalue weighted by Crippen LogP contribution is -1.85. The molecule has 0 aliphatic heterocycles. The summed E-state index contributed by atoms with van der Waals surface area (Å²) in [6.45, 7) is 2.03. The summed E-state index contributed by atoms with van der Waals surface area (Å²) >= 11 is 3.04. The Morgan fingerprint density at radius 3 is 3.00 bits per heavy atom. The summed E-state index contributed by atoms with van der Waals surface area (Å²) < 4.78 is 6.15. The quantitative estimate of drug-likeness (QED) is 0.688. The fourth-order valence-corrected chi connectivity index (χ4v) is 2.92. The predicted molar refractivity (Wildman–Crippen MR) is 73.9 cm³/mol. The molecule has 3 rings (SSSR count). The highest BCUT2D eigenvalue weighted by molar-refractivity contribution is 8.00. The van der Waals surface area contributed by atoms with Gasteiger partial charge in [0.25, 0.3) is 0 Å². The van der Waals surface area contributed by atoms with Crippen molar-refractivity contribution in [2.45, 2.75) is 17.0 Å². The van der Waals surface area contributed by atoms with Crippen molar-refractivity contribution < 1.29 is 4.52 Å². The van der Waals surface area contributed by atoms with E-state index in [0.717, 1.165) is 15.5 Å². The molecule has 0 atom stereocenters. The number of rotatable bonds is 4. The Kier molecular flexibility index (Phi) is 3.56. The Hall–Kier alpha value is -1.73. The number of aromatic nitrogens is 4. The van der Waals surface area contributed by atoms with Crippen LogP contribution < -0.4 is 0 Å². The van der Waals surface area contributed by atoms with Crippen molar-refractivity contribution in [3.8, 4) is 11.4 Å². The average molecular weight is 290 g/mol. The molecule has 3 aromatic rings. The second-order valence-corrected chi connectivity index (χ2v) is 5.88. The third-order valence-corrected chi connectivity index (χ3v) is 4.36. The molecule has 0 aliphatic carbocycles. The van der Waals surface area contributed by atoms with Crippen molar-refractivity contribution in [3.63, 3.8) is 0 Å². The third kappa shape index (κ3) is 2.82. The molecule has 0 spiro atoms. The Morgan fingerprint density at radius 1 is 1.32 bits per heavy atom. The van der Waals surface area contributed by atoms with Gasteiger partial charge in [-0.05, 0) is 12.5 Å². The standard InChI is InChI=1S/C12H10N4OS2/c1-8-4-2-3-5-9(8)11-14-10(17-16-11)6-18-12-15-13-7-19-12/h2-5,7H,6H2,1H3. The number of benzene rings is 1. The van der Waals surface area contributed by atoms with E-state index in [1.807, 2.05) is 31.2 Å². The first-order chi connectivity index (χ1) is 9.33. The van der Waals surface area contributed by atoms with Crippen LogP contribution in [0.1, 0.15) is 11.5 Å². The van der Waals surface area contributed by atoms with Crippen molar-refractivity contribution in [1.29, 1.82) is 0 Å². The predicted octanol–water partition coefficient (Wildman–Crippen LogP) is 3.19. The summed E-state index contributed by atoms with van der Waals surface area (Å²) in [5.74, 6) is 1.83. The maximum Gasteiger partial charge on any atom is 0.237 e. The molecular formula is C12H10N4OS2. The third-order valence-electron chi connectivity index (χ3n) is 2.51. The molecule has 19 heavy (non-hydrogen) atoms. The van der Waals surface area contributed by atoms with E-state index in [9.17, 15) is 0 Å². The van der Waals surface area contributed by atoms with Gasteiger partial charge in [0.2, 0.25) is 11.7 Å². The SMILES string of the molecule is Cc1ccccc1-c1noc(CSc2nncs2)n1. The second kappa shape index (κ2) is 5.50. The van der Waals surface area contributed by atoms with E-state index < -0.39 is 0 Å². The molecule has 5 nitrogen and oxygen atoms in total. The molecule has 0 saturated heterocycles. The van der Waals surface area contributed by atoms with E-state index in [-0.39, 0.29) is 0 Å². The normalized spacial score (nSPS) is 10.8. The van der Waals surface area contributed by atoms with Crippen LogP contribution >= 0.6 is 23.1 Å². The zero-order valence-corrected chi connectivity index (χ0v) is 11.7. The van der Waals surface area contributed by atoms with Gasteiger partial charge < -0.3 is 4.52 Å². The summed E-state index contributed by atoms with van der Waals surface area (Å²) in [5, 5.41) is 11.7. The lowest BCUT2D eigenvalue weighted by molar-refractivity contribution is 0.391. The molecule has 2 heterocycles. The van der Waals surface area contributed by atoms with E-state index in [2.05, 4.69) is 20.3 Å². The van der Waals surface area contributed by atoms with E-state index in [0.29, 0.717) is 17.5 Å². The van der Waals surface area contributed by atoms with Gasteiger partial charge in [-0.15, -0.1) is 10.2 Å². The zero-order valence-electron chi connectivity index (χ0n) is 10.1. The van der Waals surface area contributed by atoms with Gasteiger partial charge in [0.1, 0.15) is 5.51 Å². The maximum absolute atomic E-state index is 5.25. The van der Waals surface area contributed by atoms with Gasteiger partial charge >= 0.3 is 0 Å². The van der Waals surface area contributed by atoms with Crippen LogP contribution in [0.25, 0.3) is 11.4 Å². The van der Waals surface area contributed by atoms with Crippen LogP contribution in [0.5, 0.6) is 0 Å². The van der Waals surface area contributed by atoms with Gasteiger partial charge in [-0.3, -0.25) is 0 Å². The summed E-state index contributed by atoms with van der Waals surface area (Å²) in [4.78, 5) is 4.40. The Morgan fingerprint density at radius 2 is 2.21 bits per heavy atom. The molecular weight excluding hydrogens is 280 g/mol. The van der Waals surface area contributed by atoms with Gasteiger partial charge in [0.15, 0.2) is 4.34 Å². The minimum Gasteiger partial charge on any atom is -0.338 e. The number of thioether (sulfide) groups is 1. The molecule has 96 valence electrons. The summed E-state index contributed by atoms with van der Waals surface area (Å²) in [5.41, 5.74) is 3.83. The van der Waals surface area contributed by atoms with E-state index in [1.165, 1.54) is 11.3 Å². The minimum atomic E-state index is 0.596. The Balaban J connectivity index is 1.75. The molecule has 0 N–H and O–H groups in total. The molecule has 0 bridgehead atoms. The molecule has 0 unspecified atom stereocenters. The first kappa shape index (κ1) is 12.3. The van der Waals surface area contributed by atoms with Crippen LogP contribution in [0.15, 0.2) is 38.6 Å². The van der Waals surface area contributed by atoms with Crippen LogP contribution in [0, 0.1) is 6.92 Å². The number of hydrogen-bond donors (Lipinski definition) is 0. The molecule has 0 amide bonds. The first-order valence-corrected chi connectivity index (χ1v) is 7.47. The van der Waals surface area contributed by atoms with Crippen LogP contribution in [-0.2, 0) is 5.75 Å². The highest BCUT2D eigenvalue weighted by atomic mass is 32.2. The largest absolute Gasteiger partial charge is 0.338 e. The molecule has 0 fully saturated rings. The van der Waals surface area contributed by atoms with Gasteiger partial charge in [-0.2, -0.15) is 4.98 Å². The highest BCUT2D eigenvalue weighted by Gasteiger charge is 2.11. The fraction of sp³-hybridized carbons (Fsp3) is 0.167. The lowest BCUT2D eigenvalue weighted by Gasteiger charge is -1.97. The molecule has 0 radical (unpaired) electrons. The summed E-state index contributed by atoms with van der Waals surface area (Å²) in [6, 6.07) is 7.97. The van der Waals surface area contributed by atoms with Gasteiger partial charge in [-0.25, -0.2) is 0 Å². The van der Waals surface area contributed by atoms with E-state index >= 15 is 0 Å². The average Bonchev–Trinajstić information content (AvgIpc) is 3.08. The fourth-order valence-electron chi connectivity index (χ4n) is 1.60. The molecule has 1 aromatic carbocycles. The molecule has 0 saturated carbocycles. The van der Waals surface area contributed by atoms with Crippen molar-refractivity contribution in [2.75, 3.05) is 0 Å². The minimum absolute atomic E-state index is 0.596. The first-order valence-electron chi connectivity index (χ1n) is 5.60. The van der Waals surface area contributed by atoms with Crippen molar-refractivity contribution in [1.82, 2.24) is 20.3 Å². The molecule has 2 aromatic heterocycles. The maximum atomic E-state index is 5.25.